The summed E-state index contributed by atoms with van der Waals surface area (Å²) < 4.78 is 15.8. The highest BCUT2D eigenvalue weighted by Crippen LogP contribution is 2.38. The van der Waals surface area contributed by atoms with Gasteiger partial charge < -0.3 is 25.3 Å². The van der Waals surface area contributed by atoms with Crippen LogP contribution in [-0.4, -0.2) is 19.3 Å². The summed E-state index contributed by atoms with van der Waals surface area (Å²) >= 11 is 0. The minimum Gasteiger partial charge on any atom is -0.484 e. The zero-order chi connectivity index (χ0) is 14.7. The summed E-state index contributed by atoms with van der Waals surface area (Å²) in [4.78, 5) is 11.9. The average molecular weight is 286 g/mol. The van der Waals surface area contributed by atoms with Crippen LogP contribution in [-0.2, 0) is 4.79 Å². The first kappa shape index (κ1) is 13.1. The molecule has 6 nitrogen and oxygen atoms in total. The SMILES string of the molecule is Nc1cc2c(cc1NC(=O)COc1ccccc1)OCO2. The molecule has 0 unspecified atom stereocenters. The number of hydrogen-bond donors (Lipinski definition) is 2. The molecule has 2 aromatic carbocycles. The van der Waals surface area contributed by atoms with Crippen molar-refractivity contribution in [3.63, 3.8) is 0 Å². The van der Waals surface area contributed by atoms with Gasteiger partial charge in [-0.15, -0.1) is 0 Å². The molecule has 0 radical (unpaired) electrons. The van der Waals surface area contributed by atoms with Gasteiger partial charge >= 0.3 is 0 Å². The number of ether oxygens (including phenoxy) is 3. The Labute approximate surface area is 121 Å². The average Bonchev–Trinajstić information content (AvgIpc) is 2.94. The molecule has 2 aromatic rings. The molecule has 0 saturated carbocycles. The fraction of sp³-hybridized carbons (Fsp3) is 0.133. The smallest absolute Gasteiger partial charge is 0.262 e. The summed E-state index contributed by atoms with van der Waals surface area (Å²) in [5.74, 6) is 1.46. The van der Waals surface area contributed by atoms with Crippen LogP contribution >= 0.6 is 0 Å². The number of benzene rings is 2. The Balaban J connectivity index is 1.62. The van der Waals surface area contributed by atoms with Crippen LogP contribution in [0.4, 0.5) is 11.4 Å². The Morgan fingerprint density at radius 2 is 1.90 bits per heavy atom. The highest BCUT2D eigenvalue weighted by molar-refractivity contribution is 5.95. The largest absolute Gasteiger partial charge is 0.484 e. The molecule has 108 valence electrons. The first-order chi connectivity index (χ1) is 10.2. The third kappa shape index (κ3) is 3.00. The van der Waals surface area contributed by atoms with Crippen molar-refractivity contribution in [2.24, 2.45) is 0 Å². The molecule has 0 saturated heterocycles. The van der Waals surface area contributed by atoms with Crippen molar-refractivity contribution < 1.29 is 19.0 Å². The summed E-state index contributed by atoms with van der Waals surface area (Å²) in [6.07, 6.45) is 0. The molecule has 0 atom stereocenters. The third-order valence-electron chi connectivity index (χ3n) is 2.93. The number of nitrogens with one attached hydrogen (secondary N) is 1. The van der Waals surface area contributed by atoms with E-state index in [0.717, 1.165) is 0 Å². The molecule has 0 aromatic heterocycles. The van der Waals surface area contributed by atoms with Gasteiger partial charge in [0.1, 0.15) is 5.75 Å². The fourth-order valence-electron chi connectivity index (χ4n) is 1.92. The van der Waals surface area contributed by atoms with Crippen molar-refractivity contribution in [3.05, 3.63) is 42.5 Å². The standard InChI is InChI=1S/C15H14N2O4/c16-11-6-13-14(21-9-20-13)7-12(11)17-15(18)8-19-10-4-2-1-3-5-10/h1-7H,8-9,16H2,(H,17,18). The van der Waals surface area contributed by atoms with Crippen LogP contribution in [0, 0.1) is 0 Å². The van der Waals surface area contributed by atoms with E-state index < -0.39 is 0 Å². The Kier molecular flexibility index (Phi) is 3.51. The number of anilines is 2. The van der Waals surface area contributed by atoms with Crippen LogP contribution in [0.1, 0.15) is 0 Å². The number of nitrogens with two attached hydrogens (primary N) is 1. The second-order valence-electron chi connectivity index (χ2n) is 4.44. The van der Waals surface area contributed by atoms with Gasteiger partial charge in [0, 0.05) is 12.1 Å². The van der Waals surface area contributed by atoms with Crippen molar-refractivity contribution in [2.45, 2.75) is 0 Å². The van der Waals surface area contributed by atoms with Gasteiger partial charge in [0.2, 0.25) is 6.79 Å². The summed E-state index contributed by atoms with van der Waals surface area (Å²) in [5.41, 5.74) is 6.74. The minimum atomic E-state index is -0.301. The second kappa shape index (κ2) is 5.62. The van der Waals surface area contributed by atoms with Crippen molar-refractivity contribution in [3.8, 4) is 17.2 Å². The van der Waals surface area contributed by atoms with E-state index in [1.165, 1.54) is 0 Å². The molecule has 1 heterocycles. The lowest BCUT2D eigenvalue weighted by Gasteiger charge is -2.10. The molecule has 6 heteroatoms. The van der Waals surface area contributed by atoms with E-state index in [9.17, 15) is 4.79 Å². The van der Waals surface area contributed by atoms with Crippen molar-refractivity contribution in [2.75, 3.05) is 24.5 Å². The zero-order valence-electron chi connectivity index (χ0n) is 11.2. The van der Waals surface area contributed by atoms with E-state index in [4.69, 9.17) is 19.9 Å². The maximum absolute atomic E-state index is 11.9. The number of nitrogen functional groups attached to an aromatic ring is 1. The van der Waals surface area contributed by atoms with E-state index in [1.54, 1.807) is 24.3 Å². The van der Waals surface area contributed by atoms with E-state index in [1.807, 2.05) is 18.2 Å². The Bertz CT molecular complexity index is 658. The van der Waals surface area contributed by atoms with Gasteiger partial charge in [0.25, 0.3) is 5.91 Å². The van der Waals surface area contributed by atoms with Crippen LogP contribution in [0.15, 0.2) is 42.5 Å². The monoisotopic (exact) mass is 286 g/mol. The zero-order valence-corrected chi connectivity index (χ0v) is 11.2. The molecule has 0 aliphatic carbocycles. The molecule has 0 fully saturated rings. The molecule has 1 aliphatic rings. The van der Waals surface area contributed by atoms with Crippen LogP contribution in [0.25, 0.3) is 0 Å². The molecule has 0 spiro atoms. The summed E-state index contributed by atoms with van der Waals surface area (Å²) in [7, 11) is 0. The normalized spacial score (nSPS) is 12.0. The molecule has 0 bridgehead atoms. The lowest BCUT2D eigenvalue weighted by atomic mass is 10.2. The number of amides is 1. The molecule has 21 heavy (non-hydrogen) atoms. The van der Waals surface area contributed by atoms with Gasteiger partial charge in [-0.05, 0) is 12.1 Å². The fourth-order valence-corrected chi connectivity index (χ4v) is 1.92. The van der Waals surface area contributed by atoms with Gasteiger partial charge in [-0.3, -0.25) is 4.79 Å². The lowest BCUT2D eigenvalue weighted by molar-refractivity contribution is -0.118. The highest BCUT2D eigenvalue weighted by atomic mass is 16.7. The number of carbonyl (C=O) groups is 1. The predicted molar refractivity (Wildman–Crippen MR) is 77.5 cm³/mol. The van der Waals surface area contributed by atoms with Crippen molar-refractivity contribution in [1.82, 2.24) is 0 Å². The van der Waals surface area contributed by atoms with Crippen LogP contribution in [0.3, 0.4) is 0 Å². The van der Waals surface area contributed by atoms with Gasteiger partial charge in [-0.1, -0.05) is 18.2 Å². The van der Waals surface area contributed by atoms with E-state index in [2.05, 4.69) is 5.32 Å². The Morgan fingerprint density at radius 1 is 1.19 bits per heavy atom. The van der Waals surface area contributed by atoms with E-state index >= 15 is 0 Å². The summed E-state index contributed by atoms with van der Waals surface area (Å²) in [6, 6.07) is 12.4. The van der Waals surface area contributed by atoms with Crippen LogP contribution in [0.5, 0.6) is 17.2 Å². The molecular formula is C15H14N2O4. The van der Waals surface area contributed by atoms with Crippen molar-refractivity contribution in [1.29, 1.82) is 0 Å². The summed E-state index contributed by atoms with van der Waals surface area (Å²) in [5, 5.41) is 2.69. The van der Waals surface area contributed by atoms with E-state index in [0.29, 0.717) is 28.6 Å². The third-order valence-corrected chi connectivity index (χ3v) is 2.93. The molecular weight excluding hydrogens is 272 g/mol. The van der Waals surface area contributed by atoms with Crippen LogP contribution in [0.2, 0.25) is 0 Å². The molecule has 1 aliphatic heterocycles. The van der Waals surface area contributed by atoms with Gasteiger partial charge in [0.15, 0.2) is 18.1 Å². The quantitative estimate of drug-likeness (QED) is 0.840. The first-order valence-electron chi connectivity index (χ1n) is 6.39. The molecule has 3 N–H and O–H groups in total. The van der Waals surface area contributed by atoms with E-state index in [-0.39, 0.29) is 19.3 Å². The topological polar surface area (TPSA) is 82.8 Å². The maximum Gasteiger partial charge on any atom is 0.262 e. The molecule has 3 rings (SSSR count). The minimum absolute atomic E-state index is 0.0993. The van der Waals surface area contributed by atoms with Gasteiger partial charge in [-0.2, -0.15) is 0 Å². The van der Waals surface area contributed by atoms with Gasteiger partial charge in [-0.25, -0.2) is 0 Å². The van der Waals surface area contributed by atoms with Crippen molar-refractivity contribution >= 4 is 17.3 Å². The summed E-state index contributed by atoms with van der Waals surface area (Å²) in [6.45, 7) is 0.0567. The Morgan fingerprint density at radius 3 is 2.67 bits per heavy atom. The Hall–Kier alpha value is -2.89. The van der Waals surface area contributed by atoms with Gasteiger partial charge in [0.05, 0.1) is 11.4 Å². The number of hydrogen-bond acceptors (Lipinski definition) is 5. The number of para-hydroxylation sites is 1. The maximum atomic E-state index is 11.9. The molecule has 1 amide bonds. The number of rotatable bonds is 4. The first-order valence-corrected chi connectivity index (χ1v) is 6.39. The number of carbonyl (C=O) groups excluding carboxylic acids is 1. The second-order valence-corrected chi connectivity index (χ2v) is 4.44. The highest BCUT2D eigenvalue weighted by Gasteiger charge is 2.17. The van der Waals surface area contributed by atoms with Crippen LogP contribution < -0.4 is 25.3 Å². The lowest BCUT2D eigenvalue weighted by Crippen LogP contribution is -2.20. The number of fused-ring (bicyclic) bond motifs is 1. The predicted octanol–water partition coefficient (Wildman–Crippen LogP) is 2.02.